The molecule has 0 amide bonds. The lowest BCUT2D eigenvalue weighted by molar-refractivity contribution is -0.151. The minimum Gasteiger partial charge on any atom is -0.390 e. The van der Waals surface area contributed by atoms with Gasteiger partial charge in [-0.05, 0) is 365 Å². The lowest BCUT2D eigenvalue weighted by atomic mass is 9.44. The van der Waals surface area contributed by atoms with E-state index in [1.165, 1.54) is 98.1 Å². The predicted molar refractivity (Wildman–Crippen MR) is 413 cm³/mol. The number of carbonyl (C=O) groups is 3. The molecule has 0 bridgehead atoms. The molecule has 18 heteroatoms. The maximum Gasteiger partial charge on any atom is 0.159 e. The lowest BCUT2D eigenvalue weighted by Crippen LogP contribution is -2.55. The van der Waals surface area contributed by atoms with Gasteiger partial charge in [0.1, 0.15) is 41.7 Å². The zero-order valence-corrected chi connectivity index (χ0v) is 66.9. The molecule has 0 radical (unpaired) electrons. The second kappa shape index (κ2) is 27.1. The summed E-state index contributed by atoms with van der Waals surface area (Å²) in [6, 6.07) is 15.9. The van der Waals surface area contributed by atoms with Crippen molar-refractivity contribution in [2.75, 3.05) is 12.5 Å². The van der Waals surface area contributed by atoms with Crippen LogP contribution in [0.15, 0.2) is 58.3 Å². The van der Waals surface area contributed by atoms with E-state index in [1.807, 2.05) is 36.2 Å². The second-order valence-corrected chi connectivity index (χ2v) is 41.3. The van der Waals surface area contributed by atoms with Crippen molar-refractivity contribution in [1.82, 2.24) is 45.0 Å². The van der Waals surface area contributed by atoms with E-state index in [0.717, 1.165) is 136 Å². The number of hydrogen-bond donors (Lipinski definition) is 3. The summed E-state index contributed by atoms with van der Waals surface area (Å²) in [6.07, 6.45) is 34.5. The number of thioether (sulfide) groups is 2. The molecule has 12 aliphatic rings. The highest BCUT2D eigenvalue weighted by Gasteiger charge is 2.66. The standard InChI is InChI=1S/C29H40FN3O2.2C29H41N3O2S/c1-17-5-10-23-26(25(17)30)32-33(31-23)16-24(34)22-9-8-20-19-7-6-18-15-27(2,35)13-14-28(18,3)21(19)11-12-29(20,22)4;1-27(34)13-14-28(2)18(16-27)5-7-20-21-8-9-23(29(21,3)12-11-22(20)28)26(33)17-32-25-10-6-19(35-4)15-24(25)30-31-32;1-27(34)13-14-28(2)18(16-27)5-7-20-21-8-9-23(29(21,3)12-11-22(20)28)26(33)17-32-25-15-19(35-4)6-10-24(25)30-31-32/h5,10,18-22,35H,6-9,11-16H2,1-4H3;2*6,10,15,18,20-23,34H,5,7-9,11-14,16-17H2,1-4H3/t18-,19+,20+,21+,22-,27-,28+,29+;2*18-,20+,21+,22+,23-,27-,28+,29+/m111/s1. The van der Waals surface area contributed by atoms with Crippen molar-refractivity contribution >= 4 is 74.0 Å². The number of ketones is 3. The molecule has 15 nitrogen and oxygen atoms in total. The third-order valence-corrected chi connectivity index (χ3v) is 35.6. The Bertz CT molecular complexity index is 4320. The van der Waals surface area contributed by atoms with Gasteiger partial charge in [0, 0.05) is 27.5 Å². The molecule has 24 atom stereocenters. The average molecular weight is 1470 g/mol. The third-order valence-electron chi connectivity index (χ3n) is 34.1. The SMILES string of the molecule is CSc1ccc2c(c1)nnn2CC(=O)[C@H]1CC[C@H]2[C@@H]3CC[C@@H]4C[C@](C)(O)CC[C@]4(C)[C@H]3CC[C@]12C.CSc1ccc2nnn(CC(=O)[C@H]3CC[C@H]4[C@@H]5CC[C@@H]6C[C@](C)(O)CC[C@]6(C)[C@H]5CC[C@]34C)c2c1.Cc1ccc2nn(CC(=O)[C@H]3CC[C@H]4[C@@H]5CC[C@@H]6C[C@](C)(O)CC[C@]6(C)[C@H]5CC[C@]34C)nc2c1F. The Morgan fingerprint density at radius 2 is 0.819 bits per heavy atom. The molecule has 3 aromatic heterocycles. The first kappa shape index (κ1) is 74.5. The minimum absolute atomic E-state index is 0.0340. The Kier molecular flexibility index (Phi) is 19.2. The topological polar surface area (TPSA) is 204 Å². The molecule has 6 aromatic rings. The molecule has 0 aliphatic heterocycles. The van der Waals surface area contributed by atoms with Crippen LogP contribution in [0.2, 0.25) is 0 Å². The molecule has 570 valence electrons. The number of carbonyl (C=O) groups excluding carboxylic acids is 3. The fraction of sp³-hybridized carbons (Fsp3) is 0.759. The highest BCUT2D eigenvalue weighted by atomic mass is 32.2. The van der Waals surface area contributed by atoms with Gasteiger partial charge in [0.15, 0.2) is 23.2 Å². The number of Topliss-reactive ketones (excluding diaryl/α,β-unsaturated/α-hetero) is 3. The number of aliphatic hydroxyl groups is 3. The summed E-state index contributed by atoms with van der Waals surface area (Å²) in [5.74, 6) is 9.13. The third kappa shape index (κ3) is 12.7. The van der Waals surface area contributed by atoms with E-state index < -0.39 is 16.8 Å². The first-order valence-electron chi connectivity index (χ1n) is 41.3. The molecule has 0 spiro atoms. The van der Waals surface area contributed by atoms with E-state index in [0.29, 0.717) is 99.3 Å². The first-order valence-corrected chi connectivity index (χ1v) is 43.8. The number of aromatic nitrogens is 9. The van der Waals surface area contributed by atoms with Gasteiger partial charge in [0.05, 0.1) is 27.8 Å². The number of aryl methyl sites for hydroxylation is 1. The fourth-order valence-corrected chi connectivity index (χ4v) is 29.1. The van der Waals surface area contributed by atoms with Crippen molar-refractivity contribution in [3.63, 3.8) is 0 Å². The Morgan fingerprint density at radius 3 is 1.27 bits per heavy atom. The number of rotatable bonds is 11. The van der Waals surface area contributed by atoms with Crippen LogP contribution in [0.1, 0.15) is 241 Å². The van der Waals surface area contributed by atoms with Crippen LogP contribution in [0.5, 0.6) is 0 Å². The van der Waals surface area contributed by atoms with Crippen LogP contribution in [0, 0.1) is 134 Å². The van der Waals surface area contributed by atoms with Gasteiger partial charge in [-0.3, -0.25) is 14.4 Å². The van der Waals surface area contributed by atoms with Crippen LogP contribution in [-0.2, 0) is 34.0 Å². The number of benzene rings is 3. The van der Waals surface area contributed by atoms with Crippen LogP contribution in [-0.4, -0.2) is 107 Å². The van der Waals surface area contributed by atoms with E-state index in [9.17, 15) is 34.1 Å². The van der Waals surface area contributed by atoms with Crippen LogP contribution in [0.25, 0.3) is 33.1 Å². The number of fused-ring (bicyclic) bond motifs is 18. The molecular formula is C87H122FN9O6S2. The largest absolute Gasteiger partial charge is 0.390 e. The molecule has 12 aliphatic carbocycles. The predicted octanol–water partition coefficient (Wildman–Crippen LogP) is 18.1. The zero-order chi connectivity index (χ0) is 73.9. The number of halogens is 1. The molecule has 3 aromatic carbocycles. The van der Waals surface area contributed by atoms with Crippen molar-refractivity contribution in [3.05, 3.63) is 59.9 Å². The van der Waals surface area contributed by atoms with Crippen molar-refractivity contribution in [2.45, 2.75) is 289 Å². The average Bonchev–Trinajstić information content (AvgIpc) is 1.67. The van der Waals surface area contributed by atoms with Crippen molar-refractivity contribution in [3.8, 4) is 0 Å². The summed E-state index contributed by atoms with van der Waals surface area (Å²) < 4.78 is 18.1. The summed E-state index contributed by atoms with van der Waals surface area (Å²) in [5.41, 5.74) is 4.83. The Labute approximate surface area is 631 Å². The van der Waals surface area contributed by atoms with E-state index in [4.69, 9.17) is 0 Å². The molecule has 12 fully saturated rings. The van der Waals surface area contributed by atoms with Crippen LogP contribution in [0.3, 0.4) is 0 Å². The summed E-state index contributed by atoms with van der Waals surface area (Å²) >= 11 is 3.40. The van der Waals surface area contributed by atoms with Crippen LogP contribution >= 0.6 is 23.5 Å². The van der Waals surface area contributed by atoms with E-state index in [-0.39, 0.29) is 57.7 Å². The number of hydrogen-bond acceptors (Lipinski definition) is 14. The van der Waals surface area contributed by atoms with Crippen LogP contribution < -0.4 is 0 Å². The van der Waals surface area contributed by atoms with Gasteiger partial charge >= 0.3 is 0 Å². The second-order valence-electron chi connectivity index (χ2n) is 39.5. The molecule has 3 heterocycles. The fourth-order valence-electron chi connectivity index (χ4n) is 28.2. The number of nitrogens with zero attached hydrogens (tertiary/aromatic N) is 9. The lowest BCUT2D eigenvalue weighted by Gasteiger charge is -2.61. The van der Waals surface area contributed by atoms with E-state index >= 15 is 0 Å². The molecule has 105 heavy (non-hydrogen) atoms. The molecule has 0 unspecified atom stereocenters. The van der Waals surface area contributed by atoms with Gasteiger partial charge in [0.2, 0.25) is 0 Å². The Balaban J connectivity index is 0.000000121. The van der Waals surface area contributed by atoms with Gasteiger partial charge < -0.3 is 15.3 Å². The van der Waals surface area contributed by atoms with Crippen molar-refractivity contribution in [2.24, 2.45) is 121 Å². The van der Waals surface area contributed by atoms with Crippen LogP contribution in [0.4, 0.5) is 4.39 Å². The summed E-state index contributed by atoms with van der Waals surface area (Å²) in [5, 5.41) is 58.4. The van der Waals surface area contributed by atoms with Crippen molar-refractivity contribution < 1.29 is 34.1 Å². The van der Waals surface area contributed by atoms with E-state index in [2.05, 4.69) is 115 Å². The van der Waals surface area contributed by atoms with Gasteiger partial charge in [-0.1, -0.05) is 58.0 Å². The summed E-state index contributed by atoms with van der Waals surface area (Å²) in [6.45, 7) is 23.5. The highest BCUT2D eigenvalue weighted by Crippen LogP contribution is 2.72. The normalized spacial score (nSPS) is 43.0. The quantitative estimate of drug-likeness (QED) is 0.103. The molecule has 18 rings (SSSR count). The van der Waals surface area contributed by atoms with Gasteiger partial charge in [-0.25, -0.2) is 13.8 Å². The Morgan fingerprint density at radius 1 is 0.429 bits per heavy atom. The van der Waals surface area contributed by atoms with Gasteiger partial charge in [-0.2, -0.15) is 9.90 Å². The zero-order valence-electron chi connectivity index (χ0n) is 65.3. The maximum absolute atomic E-state index is 14.5. The monoisotopic (exact) mass is 1470 g/mol. The summed E-state index contributed by atoms with van der Waals surface area (Å²) in [7, 11) is 0. The van der Waals surface area contributed by atoms with Gasteiger partial charge in [0.25, 0.3) is 0 Å². The van der Waals surface area contributed by atoms with Gasteiger partial charge in [-0.15, -0.1) is 38.8 Å². The maximum atomic E-state index is 14.5. The Hall–Kier alpha value is -4.62. The molecule has 3 N–H and O–H groups in total. The molecule has 0 saturated heterocycles. The van der Waals surface area contributed by atoms with Crippen molar-refractivity contribution in [1.29, 1.82) is 0 Å². The smallest absolute Gasteiger partial charge is 0.159 e. The molecular weight excluding hydrogens is 1350 g/mol. The highest BCUT2D eigenvalue weighted by molar-refractivity contribution is 7.98. The summed E-state index contributed by atoms with van der Waals surface area (Å²) in [4.78, 5) is 44.9. The minimum atomic E-state index is -0.502. The molecule has 12 saturated carbocycles. The first-order chi connectivity index (χ1) is 49.8. The van der Waals surface area contributed by atoms with E-state index in [1.54, 1.807) is 42.6 Å².